The minimum Gasteiger partial charge on any atom is -0.496 e. The molecule has 1 N–H and O–H groups in total. The molecule has 1 atom stereocenters. The Labute approximate surface area is 173 Å². The number of nitrogens with one attached hydrogen (secondary N) is 1. The number of hydrogen-bond acceptors (Lipinski definition) is 5. The van der Waals surface area contributed by atoms with Crippen molar-refractivity contribution in [3.8, 4) is 17.3 Å². The molecule has 156 valence electrons. The van der Waals surface area contributed by atoms with Crippen LogP contribution in [0, 0.1) is 5.82 Å². The van der Waals surface area contributed by atoms with Gasteiger partial charge in [-0.25, -0.2) is 4.39 Å². The van der Waals surface area contributed by atoms with Gasteiger partial charge in [0.15, 0.2) is 6.10 Å². The first-order chi connectivity index (χ1) is 14.5. The van der Waals surface area contributed by atoms with Crippen molar-refractivity contribution < 1.29 is 18.7 Å². The Morgan fingerprint density at radius 2 is 1.87 bits per heavy atom. The van der Waals surface area contributed by atoms with E-state index < -0.39 is 17.5 Å². The Morgan fingerprint density at radius 1 is 1.13 bits per heavy atom. The smallest absolute Gasteiger partial charge is 0.271 e. The summed E-state index contributed by atoms with van der Waals surface area (Å²) in [7, 11) is 1.57. The highest BCUT2D eigenvalue weighted by molar-refractivity contribution is 5.81. The van der Waals surface area contributed by atoms with Crippen LogP contribution in [0.5, 0.6) is 11.6 Å². The molecular formula is C22H22FN3O4. The second-order valence-corrected chi connectivity index (χ2v) is 6.44. The maximum atomic E-state index is 13.1. The molecule has 0 saturated heterocycles. The fourth-order valence-corrected chi connectivity index (χ4v) is 2.84. The second-order valence-electron chi connectivity index (χ2n) is 6.44. The van der Waals surface area contributed by atoms with Crippen LogP contribution >= 0.6 is 0 Å². The Kier molecular flexibility index (Phi) is 6.79. The lowest BCUT2D eigenvalue weighted by Gasteiger charge is -2.17. The van der Waals surface area contributed by atoms with E-state index in [9.17, 15) is 14.0 Å². The van der Waals surface area contributed by atoms with Crippen molar-refractivity contribution in [2.45, 2.75) is 26.0 Å². The summed E-state index contributed by atoms with van der Waals surface area (Å²) in [6.07, 6.45) is -0.402. The summed E-state index contributed by atoms with van der Waals surface area (Å²) in [4.78, 5) is 24.7. The fraction of sp³-hybridized carbons (Fsp3) is 0.227. The van der Waals surface area contributed by atoms with E-state index in [-0.39, 0.29) is 18.3 Å². The highest BCUT2D eigenvalue weighted by Crippen LogP contribution is 2.17. The SMILES string of the molecule is CC[C@@H](Oc1ccc(=O)n(-c2ccc(F)cc2)n1)C(=O)NCc1ccccc1OC. The van der Waals surface area contributed by atoms with E-state index in [1.54, 1.807) is 7.11 Å². The predicted octanol–water partition coefficient (Wildman–Crippen LogP) is 2.85. The minimum absolute atomic E-state index is 0.109. The first-order valence-corrected chi connectivity index (χ1v) is 9.44. The molecule has 1 aromatic heterocycles. The lowest BCUT2D eigenvalue weighted by molar-refractivity contribution is -0.128. The Morgan fingerprint density at radius 3 is 2.57 bits per heavy atom. The lowest BCUT2D eigenvalue weighted by atomic mass is 10.2. The number of ether oxygens (including phenoxy) is 2. The minimum atomic E-state index is -0.800. The van der Waals surface area contributed by atoms with Gasteiger partial charge in [0, 0.05) is 24.2 Å². The summed E-state index contributed by atoms with van der Waals surface area (Å²) >= 11 is 0. The van der Waals surface area contributed by atoms with Crippen molar-refractivity contribution in [3.63, 3.8) is 0 Å². The van der Waals surface area contributed by atoms with Crippen LogP contribution in [0.4, 0.5) is 4.39 Å². The van der Waals surface area contributed by atoms with Gasteiger partial charge in [-0.1, -0.05) is 25.1 Å². The van der Waals surface area contributed by atoms with Gasteiger partial charge in [-0.3, -0.25) is 9.59 Å². The van der Waals surface area contributed by atoms with Crippen molar-refractivity contribution in [2.24, 2.45) is 0 Å². The van der Waals surface area contributed by atoms with Crippen molar-refractivity contribution in [2.75, 3.05) is 7.11 Å². The molecule has 8 heteroatoms. The van der Waals surface area contributed by atoms with Crippen LogP contribution in [0.25, 0.3) is 5.69 Å². The van der Waals surface area contributed by atoms with Crippen LogP contribution < -0.4 is 20.3 Å². The molecule has 1 amide bonds. The number of halogens is 1. The highest BCUT2D eigenvalue weighted by atomic mass is 19.1. The molecule has 0 unspecified atom stereocenters. The monoisotopic (exact) mass is 411 g/mol. The first-order valence-electron chi connectivity index (χ1n) is 9.44. The van der Waals surface area contributed by atoms with Crippen molar-refractivity contribution in [3.05, 3.63) is 82.4 Å². The number of aromatic nitrogens is 2. The maximum Gasteiger partial charge on any atom is 0.271 e. The maximum absolute atomic E-state index is 13.1. The lowest BCUT2D eigenvalue weighted by Crippen LogP contribution is -2.38. The van der Waals surface area contributed by atoms with Crippen LogP contribution in [0.15, 0.2) is 65.5 Å². The Bertz CT molecular complexity index is 1070. The zero-order chi connectivity index (χ0) is 21.5. The molecule has 0 aliphatic carbocycles. The van der Waals surface area contributed by atoms with Crippen molar-refractivity contribution in [1.82, 2.24) is 15.1 Å². The van der Waals surface area contributed by atoms with Gasteiger partial charge in [-0.05, 0) is 36.8 Å². The Balaban J connectivity index is 1.72. The van der Waals surface area contributed by atoms with E-state index in [2.05, 4.69) is 10.4 Å². The van der Waals surface area contributed by atoms with Crippen LogP contribution in [0.2, 0.25) is 0 Å². The third-order valence-electron chi connectivity index (χ3n) is 4.42. The van der Waals surface area contributed by atoms with Gasteiger partial charge in [-0.15, -0.1) is 5.10 Å². The van der Waals surface area contributed by atoms with E-state index in [4.69, 9.17) is 9.47 Å². The molecule has 0 bridgehead atoms. The van der Waals surface area contributed by atoms with E-state index >= 15 is 0 Å². The van der Waals surface area contributed by atoms with E-state index in [1.807, 2.05) is 31.2 Å². The zero-order valence-electron chi connectivity index (χ0n) is 16.7. The molecule has 0 spiro atoms. The molecule has 3 rings (SSSR count). The van der Waals surface area contributed by atoms with Crippen molar-refractivity contribution in [1.29, 1.82) is 0 Å². The van der Waals surface area contributed by atoms with Gasteiger partial charge in [0.05, 0.1) is 12.8 Å². The third kappa shape index (κ3) is 5.02. The van der Waals surface area contributed by atoms with Crippen LogP contribution in [0.3, 0.4) is 0 Å². The molecule has 0 radical (unpaired) electrons. The number of benzene rings is 2. The van der Waals surface area contributed by atoms with Crippen LogP contribution in [-0.4, -0.2) is 28.9 Å². The molecular weight excluding hydrogens is 389 g/mol. The number of para-hydroxylation sites is 1. The fourth-order valence-electron chi connectivity index (χ4n) is 2.84. The summed E-state index contributed by atoms with van der Waals surface area (Å²) in [5.41, 5.74) is 0.828. The molecule has 7 nitrogen and oxygen atoms in total. The normalized spacial score (nSPS) is 11.6. The summed E-state index contributed by atoms with van der Waals surface area (Å²) in [5.74, 6) is 0.0553. The molecule has 2 aromatic carbocycles. The average molecular weight is 411 g/mol. The summed E-state index contributed by atoms with van der Waals surface area (Å²) in [6, 6.07) is 15.4. The van der Waals surface area contributed by atoms with Gasteiger partial charge in [0.1, 0.15) is 11.6 Å². The topological polar surface area (TPSA) is 82.5 Å². The molecule has 1 heterocycles. The number of carbonyl (C=O) groups excluding carboxylic acids is 1. The quantitative estimate of drug-likeness (QED) is 0.616. The molecule has 30 heavy (non-hydrogen) atoms. The van der Waals surface area contributed by atoms with E-state index in [0.717, 1.165) is 10.2 Å². The van der Waals surface area contributed by atoms with E-state index in [0.29, 0.717) is 17.9 Å². The number of nitrogens with zero attached hydrogens (tertiary/aromatic N) is 2. The number of methoxy groups -OCH3 is 1. The molecule has 3 aromatic rings. The molecule has 0 fully saturated rings. The van der Waals surface area contributed by atoms with Gasteiger partial charge in [-0.2, -0.15) is 4.68 Å². The zero-order valence-corrected chi connectivity index (χ0v) is 16.7. The van der Waals surface area contributed by atoms with Gasteiger partial charge in [0.2, 0.25) is 5.88 Å². The highest BCUT2D eigenvalue weighted by Gasteiger charge is 2.20. The van der Waals surface area contributed by atoms with Crippen LogP contribution in [0.1, 0.15) is 18.9 Å². The summed E-state index contributed by atoms with van der Waals surface area (Å²) < 4.78 is 25.2. The number of rotatable bonds is 8. The summed E-state index contributed by atoms with van der Waals surface area (Å²) in [6.45, 7) is 2.09. The number of carbonyl (C=O) groups is 1. The Hall–Kier alpha value is -3.68. The third-order valence-corrected chi connectivity index (χ3v) is 4.42. The molecule has 0 aliphatic heterocycles. The number of amides is 1. The largest absolute Gasteiger partial charge is 0.496 e. The number of hydrogen-bond donors (Lipinski definition) is 1. The molecule has 0 saturated carbocycles. The first kappa shape index (κ1) is 21.0. The van der Waals surface area contributed by atoms with Crippen LogP contribution in [-0.2, 0) is 11.3 Å². The predicted molar refractivity (Wildman–Crippen MR) is 109 cm³/mol. The van der Waals surface area contributed by atoms with Gasteiger partial charge in [0.25, 0.3) is 11.5 Å². The average Bonchev–Trinajstić information content (AvgIpc) is 2.77. The van der Waals surface area contributed by atoms with E-state index in [1.165, 1.54) is 36.4 Å². The van der Waals surface area contributed by atoms with Crippen molar-refractivity contribution >= 4 is 5.91 Å². The van der Waals surface area contributed by atoms with Gasteiger partial charge < -0.3 is 14.8 Å². The molecule has 0 aliphatic rings. The van der Waals surface area contributed by atoms with Gasteiger partial charge >= 0.3 is 0 Å². The standard InChI is InChI=1S/C22H22FN3O4/c1-3-18(22(28)24-14-15-6-4-5-7-19(15)29-2)30-20-12-13-21(27)26(25-20)17-10-8-16(23)9-11-17/h4-13,18H,3,14H2,1-2H3,(H,24,28)/t18-/m1/s1. The second kappa shape index (κ2) is 9.69. The summed E-state index contributed by atoms with van der Waals surface area (Å²) in [5, 5.41) is 6.97.